The Morgan fingerprint density at radius 3 is 3.08 bits per heavy atom. The number of nitrogens with one attached hydrogen (secondary N) is 1. The van der Waals surface area contributed by atoms with Crippen LogP contribution in [0.25, 0.3) is 0 Å². The van der Waals surface area contributed by atoms with E-state index in [4.69, 9.17) is 31.2 Å². The van der Waals surface area contributed by atoms with Crippen molar-refractivity contribution in [2.24, 2.45) is 5.73 Å². The van der Waals surface area contributed by atoms with E-state index in [1.54, 1.807) is 12.3 Å². The largest absolute Gasteiger partial charge is 0.493 e. The van der Waals surface area contributed by atoms with Crippen LogP contribution in [0.15, 0.2) is 28.9 Å². The zero-order valence-electron chi connectivity index (χ0n) is 14.0. The number of methoxy groups -OCH3 is 1. The molecule has 1 aliphatic carbocycles. The van der Waals surface area contributed by atoms with Gasteiger partial charge in [-0.2, -0.15) is 0 Å². The van der Waals surface area contributed by atoms with Gasteiger partial charge in [-0.3, -0.25) is 4.79 Å². The summed E-state index contributed by atoms with van der Waals surface area (Å²) in [5.41, 5.74) is 7.30. The molecule has 0 aliphatic heterocycles. The first-order chi connectivity index (χ1) is 12.1. The molecule has 1 amide bonds. The van der Waals surface area contributed by atoms with Crippen molar-refractivity contribution in [1.82, 2.24) is 5.32 Å². The summed E-state index contributed by atoms with van der Waals surface area (Å²) in [6.07, 6.45) is 4.90. The van der Waals surface area contributed by atoms with E-state index >= 15 is 0 Å². The maximum Gasteiger partial charge on any atom is 0.255 e. The van der Waals surface area contributed by atoms with E-state index in [2.05, 4.69) is 5.32 Å². The van der Waals surface area contributed by atoms with Gasteiger partial charge in [-0.05, 0) is 36.6 Å². The van der Waals surface area contributed by atoms with Crippen molar-refractivity contribution in [3.8, 4) is 11.5 Å². The van der Waals surface area contributed by atoms with Crippen molar-refractivity contribution >= 4 is 17.5 Å². The molecule has 1 heterocycles. The third kappa shape index (κ3) is 4.08. The van der Waals surface area contributed by atoms with Crippen LogP contribution < -0.4 is 20.5 Å². The van der Waals surface area contributed by atoms with E-state index in [-0.39, 0.29) is 12.6 Å². The van der Waals surface area contributed by atoms with Crippen LogP contribution in [-0.4, -0.2) is 19.6 Å². The Hall–Kier alpha value is -2.18. The molecule has 134 valence electrons. The molecule has 0 fully saturated rings. The van der Waals surface area contributed by atoms with Crippen LogP contribution in [-0.2, 0) is 17.8 Å². The van der Waals surface area contributed by atoms with E-state index in [1.807, 2.05) is 12.1 Å². The van der Waals surface area contributed by atoms with Gasteiger partial charge in [-0.1, -0.05) is 11.6 Å². The molecule has 0 radical (unpaired) electrons. The first-order valence-corrected chi connectivity index (χ1v) is 8.53. The number of halogens is 1. The molecule has 1 unspecified atom stereocenters. The topological polar surface area (TPSA) is 86.7 Å². The second kappa shape index (κ2) is 7.80. The summed E-state index contributed by atoms with van der Waals surface area (Å²) in [5.74, 6) is 1.28. The van der Waals surface area contributed by atoms with E-state index < -0.39 is 5.91 Å². The Balaban J connectivity index is 1.71. The van der Waals surface area contributed by atoms with Crippen LogP contribution in [0.2, 0.25) is 5.02 Å². The molecule has 0 saturated carbocycles. The fourth-order valence-electron chi connectivity index (χ4n) is 3.10. The molecule has 1 aromatic heterocycles. The highest BCUT2D eigenvalue weighted by Gasteiger charge is 2.22. The number of hydrogen-bond acceptors (Lipinski definition) is 5. The first-order valence-electron chi connectivity index (χ1n) is 8.15. The van der Waals surface area contributed by atoms with E-state index in [0.717, 1.165) is 30.6 Å². The maximum atomic E-state index is 10.9. The smallest absolute Gasteiger partial charge is 0.255 e. The van der Waals surface area contributed by atoms with Crippen LogP contribution in [0.5, 0.6) is 11.5 Å². The summed E-state index contributed by atoms with van der Waals surface area (Å²) in [4.78, 5) is 10.9. The van der Waals surface area contributed by atoms with E-state index in [1.165, 1.54) is 12.7 Å². The van der Waals surface area contributed by atoms with Gasteiger partial charge in [-0.25, -0.2) is 0 Å². The molecular formula is C18H21ClN2O4. The fraction of sp³-hybridized carbons (Fsp3) is 0.389. The number of furan rings is 1. The summed E-state index contributed by atoms with van der Waals surface area (Å²) < 4.78 is 16.2. The molecular weight excluding hydrogens is 344 g/mol. The van der Waals surface area contributed by atoms with Gasteiger partial charge >= 0.3 is 0 Å². The molecule has 1 aliphatic rings. The first kappa shape index (κ1) is 17.6. The number of aryl methyl sites for hydroxylation is 1. The van der Waals surface area contributed by atoms with Crippen molar-refractivity contribution in [3.05, 3.63) is 46.4 Å². The average Bonchev–Trinajstić information content (AvgIpc) is 3.07. The average molecular weight is 365 g/mol. The number of fused-ring (bicyclic) bond motifs is 1. The van der Waals surface area contributed by atoms with Gasteiger partial charge < -0.3 is 24.9 Å². The highest BCUT2D eigenvalue weighted by Crippen LogP contribution is 2.37. The van der Waals surface area contributed by atoms with E-state index in [9.17, 15) is 4.79 Å². The number of ether oxygens (including phenoxy) is 2. The zero-order chi connectivity index (χ0) is 17.8. The Morgan fingerprint density at radius 2 is 2.32 bits per heavy atom. The Morgan fingerprint density at radius 1 is 1.48 bits per heavy atom. The molecule has 0 spiro atoms. The summed E-state index contributed by atoms with van der Waals surface area (Å²) in [5, 5.41) is 3.92. The molecule has 25 heavy (non-hydrogen) atoms. The predicted molar refractivity (Wildman–Crippen MR) is 93.9 cm³/mol. The number of carbonyl (C=O) groups excluding carboxylic acids is 1. The number of primary amides is 1. The van der Waals surface area contributed by atoms with Crippen LogP contribution in [0, 0.1) is 0 Å². The number of nitrogens with two attached hydrogens (primary N) is 1. The Labute approximate surface area is 151 Å². The summed E-state index contributed by atoms with van der Waals surface area (Å²) in [6, 6.07) is 5.93. The molecule has 0 saturated heterocycles. The number of amides is 1. The van der Waals surface area contributed by atoms with Crippen LogP contribution in [0.3, 0.4) is 0 Å². The molecule has 1 aromatic carbocycles. The normalized spacial score (nSPS) is 16.3. The number of hydrogen-bond donors (Lipinski definition) is 2. The van der Waals surface area contributed by atoms with Gasteiger partial charge in [0.05, 0.1) is 18.4 Å². The van der Waals surface area contributed by atoms with Crippen LogP contribution in [0.4, 0.5) is 0 Å². The molecule has 0 bridgehead atoms. The minimum Gasteiger partial charge on any atom is -0.493 e. The number of benzene rings is 1. The fourth-order valence-corrected chi connectivity index (χ4v) is 3.39. The molecule has 3 N–H and O–H groups in total. The van der Waals surface area contributed by atoms with Gasteiger partial charge in [0.25, 0.3) is 5.91 Å². The van der Waals surface area contributed by atoms with Crippen molar-refractivity contribution in [1.29, 1.82) is 0 Å². The standard InChI is InChI=1S/C18H21ClN2O4/c1-23-16-8-11(7-13(19)18(16)25-10-17(20)22)9-21-14-3-2-4-15-12(14)5-6-24-15/h5-8,14,21H,2-4,9-10H2,1H3,(H2,20,22). The highest BCUT2D eigenvalue weighted by atomic mass is 35.5. The number of carbonyl (C=O) groups is 1. The Bertz CT molecular complexity index is 760. The lowest BCUT2D eigenvalue weighted by Gasteiger charge is -2.23. The third-order valence-electron chi connectivity index (χ3n) is 4.25. The molecule has 1 atom stereocenters. The third-order valence-corrected chi connectivity index (χ3v) is 4.53. The summed E-state index contributed by atoms with van der Waals surface area (Å²) >= 11 is 6.28. The predicted octanol–water partition coefficient (Wildman–Crippen LogP) is 2.97. The van der Waals surface area contributed by atoms with Gasteiger partial charge in [0.2, 0.25) is 0 Å². The maximum absolute atomic E-state index is 10.9. The molecule has 7 heteroatoms. The highest BCUT2D eigenvalue weighted by molar-refractivity contribution is 6.32. The van der Waals surface area contributed by atoms with Crippen molar-refractivity contribution < 1.29 is 18.7 Å². The van der Waals surface area contributed by atoms with Crippen LogP contribution >= 0.6 is 11.6 Å². The van der Waals surface area contributed by atoms with Crippen molar-refractivity contribution in [2.75, 3.05) is 13.7 Å². The lowest BCUT2D eigenvalue weighted by atomic mass is 9.93. The molecule has 3 rings (SSSR count). The molecule has 2 aromatic rings. The second-order valence-electron chi connectivity index (χ2n) is 5.99. The minimum absolute atomic E-state index is 0.251. The summed E-state index contributed by atoms with van der Waals surface area (Å²) in [7, 11) is 1.53. The van der Waals surface area contributed by atoms with Crippen molar-refractivity contribution in [2.45, 2.75) is 31.8 Å². The zero-order valence-corrected chi connectivity index (χ0v) is 14.8. The minimum atomic E-state index is -0.572. The van der Waals surface area contributed by atoms with E-state index in [0.29, 0.717) is 23.1 Å². The Kier molecular flexibility index (Phi) is 5.50. The van der Waals surface area contributed by atoms with Gasteiger partial charge in [-0.15, -0.1) is 0 Å². The summed E-state index contributed by atoms with van der Waals surface area (Å²) in [6.45, 7) is 0.375. The SMILES string of the molecule is COc1cc(CNC2CCCc3occc32)cc(Cl)c1OCC(N)=O. The lowest BCUT2D eigenvalue weighted by molar-refractivity contribution is -0.119. The quantitative estimate of drug-likeness (QED) is 0.788. The number of rotatable bonds is 7. The second-order valence-corrected chi connectivity index (χ2v) is 6.40. The van der Waals surface area contributed by atoms with Gasteiger partial charge in [0, 0.05) is 24.6 Å². The molecule has 6 nitrogen and oxygen atoms in total. The van der Waals surface area contributed by atoms with Crippen LogP contribution in [0.1, 0.15) is 35.8 Å². The monoisotopic (exact) mass is 364 g/mol. The lowest BCUT2D eigenvalue weighted by Crippen LogP contribution is -2.24. The van der Waals surface area contributed by atoms with Gasteiger partial charge in [0.1, 0.15) is 5.76 Å². The van der Waals surface area contributed by atoms with Gasteiger partial charge in [0.15, 0.2) is 18.1 Å². The van der Waals surface area contributed by atoms with Crippen molar-refractivity contribution in [3.63, 3.8) is 0 Å².